The Bertz CT molecular complexity index is 290. The number of rotatable bonds is 4. The van der Waals surface area contributed by atoms with E-state index in [1.807, 2.05) is 11.8 Å². The van der Waals surface area contributed by atoms with Gasteiger partial charge in [0.2, 0.25) is 5.91 Å². The fourth-order valence-electron chi connectivity index (χ4n) is 3.05. The van der Waals surface area contributed by atoms with Crippen molar-refractivity contribution in [2.24, 2.45) is 0 Å². The molecule has 3 nitrogen and oxygen atoms in total. The predicted octanol–water partition coefficient (Wildman–Crippen LogP) is 2.31. The predicted molar refractivity (Wildman–Crippen MR) is 78.0 cm³/mol. The summed E-state index contributed by atoms with van der Waals surface area (Å²) in [7, 11) is 0. The Morgan fingerprint density at radius 3 is 2.94 bits per heavy atom. The Kier molecular flexibility index (Phi) is 4.96. The summed E-state index contributed by atoms with van der Waals surface area (Å²) in [5, 5.41) is 7.41. The minimum atomic E-state index is -0.325. The van der Waals surface area contributed by atoms with Gasteiger partial charge in [-0.2, -0.15) is 11.8 Å². The van der Waals surface area contributed by atoms with E-state index in [4.69, 9.17) is 0 Å². The molecule has 1 saturated carbocycles. The number of hydrogen-bond donors (Lipinski definition) is 2. The molecule has 1 amide bonds. The van der Waals surface area contributed by atoms with Crippen LogP contribution in [0, 0.1) is 0 Å². The van der Waals surface area contributed by atoms with Crippen molar-refractivity contribution in [1.82, 2.24) is 10.6 Å². The van der Waals surface area contributed by atoms with Crippen molar-refractivity contribution in [3.05, 3.63) is 0 Å². The van der Waals surface area contributed by atoms with Crippen molar-refractivity contribution in [2.45, 2.75) is 69.2 Å². The third-order valence-corrected chi connectivity index (χ3v) is 5.47. The maximum Gasteiger partial charge on any atom is 0.240 e. The van der Waals surface area contributed by atoms with Crippen molar-refractivity contribution in [1.29, 1.82) is 0 Å². The topological polar surface area (TPSA) is 41.1 Å². The van der Waals surface area contributed by atoms with Gasteiger partial charge >= 0.3 is 0 Å². The molecular formula is C14H26N2OS. The molecule has 2 aliphatic rings. The van der Waals surface area contributed by atoms with Crippen molar-refractivity contribution in [3.63, 3.8) is 0 Å². The zero-order chi connectivity index (χ0) is 13.0. The van der Waals surface area contributed by atoms with E-state index in [1.165, 1.54) is 18.6 Å². The highest BCUT2D eigenvalue weighted by molar-refractivity contribution is 7.99. The molecular weight excluding hydrogens is 244 g/mol. The highest BCUT2D eigenvalue weighted by atomic mass is 32.2. The number of nitrogens with one attached hydrogen (secondary N) is 2. The first-order chi connectivity index (χ1) is 8.64. The number of hydrogen-bond acceptors (Lipinski definition) is 3. The van der Waals surface area contributed by atoms with Crippen molar-refractivity contribution < 1.29 is 4.79 Å². The molecule has 1 aliphatic carbocycles. The lowest BCUT2D eigenvalue weighted by molar-refractivity contribution is -0.128. The largest absolute Gasteiger partial charge is 0.352 e. The van der Waals surface area contributed by atoms with Crippen molar-refractivity contribution in [3.8, 4) is 0 Å². The van der Waals surface area contributed by atoms with Crippen molar-refractivity contribution in [2.75, 3.05) is 12.3 Å². The van der Waals surface area contributed by atoms with E-state index in [2.05, 4.69) is 24.5 Å². The molecule has 104 valence electrons. The molecule has 1 heterocycles. The maximum absolute atomic E-state index is 12.4. The standard InChI is InChI=1S/C14H26N2OS/c1-3-18-12-7-6-11(10-12)16-13(17)14(2)8-4-5-9-15-14/h11-12,15H,3-10H2,1-2H3,(H,16,17). The van der Waals surface area contributed by atoms with Crippen LogP contribution in [0.3, 0.4) is 0 Å². The highest BCUT2D eigenvalue weighted by Crippen LogP contribution is 2.30. The van der Waals surface area contributed by atoms with Gasteiger partial charge in [0.25, 0.3) is 0 Å². The van der Waals surface area contributed by atoms with Gasteiger partial charge in [-0.05, 0) is 57.7 Å². The van der Waals surface area contributed by atoms with E-state index < -0.39 is 0 Å². The van der Waals surface area contributed by atoms with E-state index in [-0.39, 0.29) is 11.4 Å². The number of amides is 1. The first-order valence-electron chi connectivity index (χ1n) is 7.31. The van der Waals surface area contributed by atoms with E-state index in [9.17, 15) is 4.79 Å². The van der Waals surface area contributed by atoms with Crippen LogP contribution in [0.4, 0.5) is 0 Å². The van der Waals surface area contributed by atoms with Gasteiger partial charge in [-0.3, -0.25) is 4.79 Å². The summed E-state index contributed by atoms with van der Waals surface area (Å²) in [6, 6.07) is 0.405. The molecule has 2 N–H and O–H groups in total. The van der Waals surface area contributed by atoms with E-state index >= 15 is 0 Å². The molecule has 0 bridgehead atoms. The lowest BCUT2D eigenvalue weighted by Crippen LogP contribution is -2.58. The van der Waals surface area contributed by atoms with Gasteiger partial charge in [-0.15, -0.1) is 0 Å². The lowest BCUT2D eigenvalue weighted by Gasteiger charge is -2.34. The minimum absolute atomic E-state index is 0.217. The molecule has 3 atom stereocenters. The Morgan fingerprint density at radius 1 is 1.44 bits per heavy atom. The molecule has 4 heteroatoms. The second-order valence-electron chi connectivity index (χ2n) is 5.78. The maximum atomic E-state index is 12.4. The molecule has 0 radical (unpaired) electrons. The van der Waals surface area contributed by atoms with Crippen LogP contribution < -0.4 is 10.6 Å². The zero-order valence-corrected chi connectivity index (χ0v) is 12.4. The third kappa shape index (κ3) is 3.41. The molecule has 1 saturated heterocycles. The Labute approximate surface area is 115 Å². The lowest BCUT2D eigenvalue weighted by atomic mass is 9.90. The molecule has 2 rings (SSSR count). The quantitative estimate of drug-likeness (QED) is 0.823. The summed E-state index contributed by atoms with van der Waals surface area (Å²) in [4.78, 5) is 12.4. The molecule has 2 fully saturated rings. The van der Waals surface area contributed by atoms with Gasteiger partial charge in [0.1, 0.15) is 0 Å². The third-order valence-electron chi connectivity index (χ3n) is 4.24. The molecule has 1 aliphatic heterocycles. The first kappa shape index (κ1) is 14.2. The van der Waals surface area contributed by atoms with Gasteiger partial charge in [0.15, 0.2) is 0 Å². The van der Waals surface area contributed by atoms with E-state index in [0.717, 1.165) is 37.5 Å². The SMILES string of the molecule is CCSC1CCC(NC(=O)C2(C)CCCCN2)C1. The zero-order valence-electron chi connectivity index (χ0n) is 11.6. The summed E-state index contributed by atoms with van der Waals surface area (Å²) < 4.78 is 0. The van der Waals surface area contributed by atoms with E-state index in [1.54, 1.807) is 0 Å². The summed E-state index contributed by atoms with van der Waals surface area (Å²) in [5.41, 5.74) is -0.325. The Morgan fingerprint density at radius 2 is 2.28 bits per heavy atom. The molecule has 0 aromatic rings. The van der Waals surface area contributed by atoms with Gasteiger partial charge in [0.05, 0.1) is 5.54 Å². The number of thioether (sulfide) groups is 1. The van der Waals surface area contributed by atoms with Crippen LogP contribution in [0.15, 0.2) is 0 Å². The molecule has 0 aromatic carbocycles. The average molecular weight is 270 g/mol. The fourth-order valence-corrected chi connectivity index (χ4v) is 4.20. The van der Waals surface area contributed by atoms with Crippen LogP contribution in [0.25, 0.3) is 0 Å². The first-order valence-corrected chi connectivity index (χ1v) is 8.36. The highest BCUT2D eigenvalue weighted by Gasteiger charge is 2.36. The van der Waals surface area contributed by atoms with E-state index in [0.29, 0.717) is 6.04 Å². The van der Waals surface area contributed by atoms with Crippen molar-refractivity contribution >= 4 is 17.7 Å². The molecule has 18 heavy (non-hydrogen) atoms. The number of carbonyl (C=O) groups is 1. The fraction of sp³-hybridized carbons (Fsp3) is 0.929. The van der Waals surface area contributed by atoms with Gasteiger partial charge in [0, 0.05) is 11.3 Å². The number of carbonyl (C=O) groups excluding carboxylic acids is 1. The van der Waals surface area contributed by atoms with Crippen LogP contribution >= 0.6 is 11.8 Å². The summed E-state index contributed by atoms with van der Waals surface area (Å²) in [6.45, 7) is 5.24. The second kappa shape index (κ2) is 6.29. The minimum Gasteiger partial charge on any atom is -0.352 e. The van der Waals surface area contributed by atoms with Crippen LogP contribution in [0.2, 0.25) is 0 Å². The summed E-state index contributed by atoms with van der Waals surface area (Å²) >= 11 is 2.04. The smallest absolute Gasteiger partial charge is 0.240 e. The molecule has 0 aromatic heterocycles. The van der Waals surface area contributed by atoms with Crippen LogP contribution in [-0.4, -0.2) is 35.0 Å². The normalized spacial score (nSPS) is 36.6. The average Bonchev–Trinajstić information content (AvgIpc) is 2.78. The summed E-state index contributed by atoms with van der Waals surface area (Å²) in [6.07, 6.45) is 6.89. The van der Waals surface area contributed by atoms with Gasteiger partial charge in [-0.25, -0.2) is 0 Å². The molecule has 0 spiro atoms. The van der Waals surface area contributed by atoms with Gasteiger partial charge < -0.3 is 10.6 Å². The monoisotopic (exact) mass is 270 g/mol. The Balaban J connectivity index is 1.81. The van der Waals surface area contributed by atoms with Crippen LogP contribution in [-0.2, 0) is 4.79 Å². The Hall–Kier alpha value is -0.220. The second-order valence-corrected chi connectivity index (χ2v) is 7.35. The van der Waals surface area contributed by atoms with Crippen LogP contribution in [0.1, 0.15) is 52.4 Å². The molecule has 3 unspecified atom stereocenters. The van der Waals surface area contributed by atoms with Crippen LogP contribution in [0.5, 0.6) is 0 Å². The van der Waals surface area contributed by atoms with Gasteiger partial charge in [-0.1, -0.05) is 6.92 Å². The number of piperidine rings is 1. The summed E-state index contributed by atoms with van der Waals surface area (Å²) in [5.74, 6) is 1.40.